The van der Waals surface area contributed by atoms with Gasteiger partial charge in [0.1, 0.15) is 64.0 Å². The van der Waals surface area contributed by atoms with Crippen molar-refractivity contribution in [3.8, 4) is 0 Å². The van der Waals surface area contributed by atoms with E-state index in [2.05, 4.69) is 52.8 Å². The number of carbonyl (C=O) groups excluding carboxylic acids is 10. The maximum Gasteiger partial charge on any atom is 0.408 e. The third kappa shape index (κ3) is 20.2. The van der Waals surface area contributed by atoms with Gasteiger partial charge in [-0.25, -0.2) is 9.59 Å². The molecule has 0 radical (unpaired) electrons. The highest BCUT2D eigenvalue weighted by Crippen LogP contribution is 2.25. The van der Waals surface area contributed by atoms with Gasteiger partial charge in [-0.05, 0) is 124 Å². The Hall–Kier alpha value is -6.85. The van der Waals surface area contributed by atoms with Crippen LogP contribution in [0.15, 0.2) is 30.5 Å². The average Bonchev–Trinajstić information content (AvgIpc) is 4.27. The monoisotopic (exact) mass is 1200 g/mol. The summed E-state index contributed by atoms with van der Waals surface area (Å²) in [5.74, 6) is -7.43. The number of ether oxygens (including phenoxy) is 2. The Balaban J connectivity index is 1.73. The highest BCUT2D eigenvalue weighted by atomic mass is 32.1. The van der Waals surface area contributed by atoms with Crippen LogP contribution in [0.4, 0.5) is 4.79 Å². The van der Waals surface area contributed by atoms with E-state index in [4.69, 9.17) is 21.7 Å². The molecule has 9 amide bonds. The van der Waals surface area contributed by atoms with Gasteiger partial charge in [-0.2, -0.15) is 0 Å². The molecule has 9 atom stereocenters. The van der Waals surface area contributed by atoms with Crippen molar-refractivity contribution >= 4 is 87.4 Å². The average molecular weight is 1200 g/mol. The first kappa shape index (κ1) is 71.4. The fourth-order valence-electron chi connectivity index (χ4n) is 9.46. The largest absolute Gasteiger partial charge is 0.467 e. The van der Waals surface area contributed by atoms with E-state index < -0.39 is 142 Å². The first-order chi connectivity index (χ1) is 38.8. The number of likely N-dealkylation sites (tertiary alicyclic amines) is 1. The fourth-order valence-corrected chi connectivity index (χ4v) is 9.73. The molecule has 1 aromatic carbocycles. The van der Waals surface area contributed by atoms with Crippen molar-refractivity contribution < 1.29 is 57.4 Å². The molecular weight excluding hydrogens is 1100 g/mol. The number of methoxy groups -OCH3 is 1. The van der Waals surface area contributed by atoms with Crippen LogP contribution in [0.3, 0.4) is 0 Å². The van der Waals surface area contributed by atoms with E-state index in [1.54, 1.807) is 73.4 Å². The molecule has 1 aliphatic rings. The molecule has 24 heteroatoms. The van der Waals surface area contributed by atoms with Crippen molar-refractivity contribution in [2.24, 2.45) is 23.7 Å². The molecule has 1 aromatic heterocycles. The molecule has 1 fully saturated rings. The SMILES string of the molecule is CC[C@H](C)[C@H](NC(=O)[C@H](Cc1c[nH]c2ccccc12)NC(=O)OC(C)(C)C)C(=O)N[C@@H](C)C(=O)NC(C)(C)C(=O)N[C@H](C(=O)N[C@H](C(=O)NC(C)(C)C(=O)N[C@@H](CC(C)C)C(=O)NC(C)(C)C(=S)N1CCC[C@H]1C(=O)OC)C(C)C)[C@@H](C)CC. The van der Waals surface area contributed by atoms with Gasteiger partial charge in [0.15, 0.2) is 0 Å². The van der Waals surface area contributed by atoms with Gasteiger partial charge in [0.05, 0.1) is 12.6 Å². The summed E-state index contributed by atoms with van der Waals surface area (Å²) < 4.78 is 10.5. The number of para-hydroxylation sites is 1. The number of aromatic amines is 1. The summed E-state index contributed by atoms with van der Waals surface area (Å²) in [5, 5.41) is 25.7. The van der Waals surface area contributed by atoms with E-state index in [1.165, 1.54) is 41.7 Å². The number of hydrogen-bond acceptors (Lipinski definition) is 13. The molecule has 470 valence electrons. The Morgan fingerprint density at radius 2 is 1.15 bits per heavy atom. The number of amides is 9. The van der Waals surface area contributed by atoms with Crippen LogP contribution in [-0.2, 0) is 59.0 Å². The van der Waals surface area contributed by atoms with Crippen LogP contribution in [0.25, 0.3) is 10.9 Å². The minimum atomic E-state index is -1.67. The van der Waals surface area contributed by atoms with Crippen LogP contribution < -0.4 is 47.9 Å². The lowest BCUT2D eigenvalue weighted by Crippen LogP contribution is -2.65. The van der Waals surface area contributed by atoms with Crippen molar-refractivity contribution in [2.75, 3.05) is 13.7 Å². The predicted octanol–water partition coefficient (Wildman–Crippen LogP) is 4.49. The van der Waals surface area contributed by atoms with Gasteiger partial charge in [-0.1, -0.05) is 98.6 Å². The molecule has 84 heavy (non-hydrogen) atoms. The number of aromatic nitrogens is 1. The van der Waals surface area contributed by atoms with Crippen LogP contribution in [-0.4, -0.2) is 152 Å². The third-order valence-corrected chi connectivity index (χ3v) is 15.7. The first-order valence-corrected chi connectivity index (χ1v) is 29.6. The molecule has 1 aliphatic heterocycles. The van der Waals surface area contributed by atoms with Gasteiger partial charge in [0.25, 0.3) is 0 Å². The minimum Gasteiger partial charge on any atom is -0.467 e. The van der Waals surface area contributed by atoms with Crippen LogP contribution >= 0.6 is 12.2 Å². The summed E-state index contributed by atoms with van der Waals surface area (Å²) in [6.07, 6.45) is 3.31. The number of esters is 1. The second-order valence-electron chi connectivity index (χ2n) is 25.6. The number of alkyl carbamates (subject to hydrolysis) is 1. The highest BCUT2D eigenvalue weighted by molar-refractivity contribution is 7.80. The minimum absolute atomic E-state index is 0.0504. The lowest BCUT2D eigenvalue weighted by Gasteiger charge is -2.37. The lowest BCUT2D eigenvalue weighted by atomic mass is 9.94. The third-order valence-electron chi connectivity index (χ3n) is 15.0. The van der Waals surface area contributed by atoms with Crippen molar-refractivity contribution in [1.82, 2.24) is 57.7 Å². The number of nitrogens with one attached hydrogen (secondary N) is 10. The molecular formula is C60H97N11O12S. The second kappa shape index (κ2) is 30.3. The van der Waals surface area contributed by atoms with Crippen LogP contribution in [0.2, 0.25) is 0 Å². The number of benzene rings is 1. The second-order valence-corrected chi connectivity index (χ2v) is 26.0. The van der Waals surface area contributed by atoms with Crippen LogP contribution in [0.1, 0.15) is 162 Å². The van der Waals surface area contributed by atoms with E-state index in [1.807, 2.05) is 52.0 Å². The van der Waals surface area contributed by atoms with Gasteiger partial charge in [0.2, 0.25) is 47.3 Å². The number of hydrogen-bond donors (Lipinski definition) is 10. The standard InChI is InChI=1S/C60H97N11O12S/c1-20-34(7)44(66-47(73)41(64-56(81)83-57(10,11)12)30-37-31-61-39-26-23-22-25-38(37)39)49(75)62-36(9)46(72)68-59(15,16)54(80)67-45(35(8)21-2)50(76)65-43(33(5)6)51(77)70-58(13,14)53(79)63-40(29-32(3)4)48(74)69-60(17,18)55(84)71-28-24-27-42(71)52(78)82-19/h22-23,25-26,31-36,40-45,61H,20-21,24,27-30H2,1-19H3,(H,62,75)(H,63,79)(H,64,81)(H,65,76)(H,66,73)(H,67,80)(H,68,72)(H,69,74)(H,70,77)/t34-,35-,36-,40-,41-,42-,43-,44-,45-/m0/s1. The molecule has 0 unspecified atom stereocenters. The van der Waals surface area contributed by atoms with Crippen molar-refractivity contribution in [2.45, 2.75) is 228 Å². The molecule has 1 saturated heterocycles. The zero-order chi connectivity index (χ0) is 64.0. The maximum atomic E-state index is 14.3. The zero-order valence-electron chi connectivity index (χ0n) is 52.9. The molecule has 0 bridgehead atoms. The number of thiocarbonyl (C=S) groups is 1. The maximum absolute atomic E-state index is 14.3. The smallest absolute Gasteiger partial charge is 0.408 e. The Kier molecular flexibility index (Phi) is 25.8. The molecule has 23 nitrogen and oxygen atoms in total. The lowest BCUT2D eigenvalue weighted by molar-refractivity contribution is -0.144. The van der Waals surface area contributed by atoms with E-state index in [-0.39, 0.29) is 18.8 Å². The highest BCUT2D eigenvalue weighted by Gasteiger charge is 2.43. The van der Waals surface area contributed by atoms with Gasteiger partial charge >= 0.3 is 12.1 Å². The molecule has 3 rings (SSSR count). The molecule has 0 saturated carbocycles. The van der Waals surface area contributed by atoms with E-state index in [0.717, 1.165) is 16.5 Å². The van der Waals surface area contributed by atoms with Gasteiger partial charge < -0.3 is 67.2 Å². The topological polar surface area (TPSA) is 316 Å². The quantitative estimate of drug-likeness (QED) is 0.0415. The molecule has 2 heterocycles. The summed E-state index contributed by atoms with van der Waals surface area (Å²) >= 11 is 5.80. The Labute approximate surface area is 501 Å². The number of fused-ring (bicyclic) bond motifs is 1. The molecule has 0 aliphatic carbocycles. The van der Waals surface area contributed by atoms with Crippen LogP contribution in [0, 0.1) is 23.7 Å². The normalized spacial score (nSPS) is 16.8. The van der Waals surface area contributed by atoms with Crippen molar-refractivity contribution in [3.05, 3.63) is 36.0 Å². The van der Waals surface area contributed by atoms with Crippen LogP contribution in [0.5, 0.6) is 0 Å². The molecule has 0 spiro atoms. The molecule has 2 aromatic rings. The number of H-pyrrole nitrogens is 1. The summed E-state index contributed by atoms with van der Waals surface area (Å²) in [5.41, 5.74) is -3.70. The predicted molar refractivity (Wildman–Crippen MR) is 325 cm³/mol. The Bertz CT molecular complexity index is 2700. The number of carbonyl (C=O) groups is 10. The van der Waals surface area contributed by atoms with E-state index >= 15 is 0 Å². The van der Waals surface area contributed by atoms with Gasteiger partial charge in [-0.15, -0.1) is 0 Å². The van der Waals surface area contributed by atoms with E-state index in [9.17, 15) is 47.9 Å². The fraction of sp³-hybridized carbons (Fsp3) is 0.683. The summed E-state index contributed by atoms with van der Waals surface area (Å²) in [6, 6.07) is -0.153. The summed E-state index contributed by atoms with van der Waals surface area (Å²) in [6.45, 7) is 30.5. The van der Waals surface area contributed by atoms with Crippen molar-refractivity contribution in [3.63, 3.8) is 0 Å². The van der Waals surface area contributed by atoms with E-state index in [0.29, 0.717) is 37.2 Å². The Morgan fingerprint density at radius 3 is 1.70 bits per heavy atom. The first-order valence-electron chi connectivity index (χ1n) is 29.2. The Morgan fingerprint density at radius 1 is 0.631 bits per heavy atom. The number of rotatable bonds is 28. The molecule has 10 N–H and O–H groups in total. The zero-order valence-corrected chi connectivity index (χ0v) is 53.8. The summed E-state index contributed by atoms with van der Waals surface area (Å²) in [7, 11) is 1.31. The summed E-state index contributed by atoms with van der Waals surface area (Å²) in [4.78, 5) is 143. The van der Waals surface area contributed by atoms with Crippen molar-refractivity contribution in [1.29, 1.82) is 0 Å². The number of nitrogens with zero attached hydrogens (tertiary/aromatic N) is 1. The van der Waals surface area contributed by atoms with Gasteiger partial charge in [0, 0.05) is 30.1 Å². The van der Waals surface area contributed by atoms with Gasteiger partial charge in [-0.3, -0.25) is 38.4 Å².